The summed E-state index contributed by atoms with van der Waals surface area (Å²) in [5.74, 6) is -0.345. The fourth-order valence-corrected chi connectivity index (χ4v) is 2.80. The zero-order valence-corrected chi connectivity index (χ0v) is 8.93. The van der Waals surface area contributed by atoms with Gasteiger partial charge >= 0.3 is 0 Å². The lowest BCUT2D eigenvalue weighted by Gasteiger charge is -1.95. The molecule has 0 fully saturated rings. The SMILES string of the molecule is Fc1c(Cl)ccc2scc(Br)c12. The quantitative estimate of drug-likeness (QED) is 0.660. The largest absolute Gasteiger partial charge is 0.205 e. The fraction of sp³-hybridized carbons (Fsp3) is 0. The highest BCUT2D eigenvalue weighted by Crippen LogP contribution is 2.34. The number of fused-ring (bicyclic) bond motifs is 1. The van der Waals surface area contributed by atoms with Crippen molar-refractivity contribution in [2.45, 2.75) is 0 Å². The second-order valence-corrected chi connectivity index (χ2v) is 4.49. The number of hydrogen-bond donors (Lipinski definition) is 0. The molecule has 12 heavy (non-hydrogen) atoms. The molecule has 0 aliphatic heterocycles. The van der Waals surface area contributed by atoms with Crippen molar-refractivity contribution in [3.8, 4) is 0 Å². The average molecular weight is 266 g/mol. The van der Waals surface area contributed by atoms with Crippen LogP contribution < -0.4 is 0 Å². The topological polar surface area (TPSA) is 0 Å². The van der Waals surface area contributed by atoms with E-state index in [2.05, 4.69) is 15.9 Å². The molecule has 0 atom stereocenters. The Hall–Kier alpha value is -0.120. The van der Waals surface area contributed by atoms with Gasteiger partial charge in [0.15, 0.2) is 5.82 Å². The number of halogens is 3. The molecule has 4 heteroatoms. The van der Waals surface area contributed by atoms with E-state index >= 15 is 0 Å². The van der Waals surface area contributed by atoms with E-state index in [-0.39, 0.29) is 10.8 Å². The Labute approximate surface area is 86.1 Å². The van der Waals surface area contributed by atoms with Crippen LogP contribution in [0.15, 0.2) is 22.0 Å². The molecule has 0 saturated carbocycles. The maximum atomic E-state index is 13.3. The highest BCUT2D eigenvalue weighted by atomic mass is 79.9. The Balaban J connectivity index is 2.96. The normalized spacial score (nSPS) is 10.9. The zero-order valence-electron chi connectivity index (χ0n) is 5.77. The van der Waals surface area contributed by atoms with Crippen LogP contribution in [0.3, 0.4) is 0 Å². The molecule has 0 aliphatic carbocycles. The van der Waals surface area contributed by atoms with E-state index < -0.39 is 0 Å². The molecule has 0 spiro atoms. The van der Waals surface area contributed by atoms with Gasteiger partial charge in [0, 0.05) is 19.9 Å². The lowest BCUT2D eigenvalue weighted by atomic mass is 10.2. The summed E-state index contributed by atoms with van der Waals surface area (Å²) in [6.07, 6.45) is 0. The number of thiophene rings is 1. The molecule has 0 radical (unpaired) electrons. The predicted octanol–water partition coefficient (Wildman–Crippen LogP) is 4.46. The van der Waals surface area contributed by atoms with Gasteiger partial charge in [-0.2, -0.15) is 0 Å². The zero-order chi connectivity index (χ0) is 8.72. The van der Waals surface area contributed by atoms with Crippen LogP contribution in [-0.4, -0.2) is 0 Å². The molecule has 2 rings (SSSR count). The summed E-state index contributed by atoms with van der Waals surface area (Å²) in [5, 5.41) is 2.60. The van der Waals surface area contributed by atoms with Crippen molar-refractivity contribution in [2.24, 2.45) is 0 Å². The van der Waals surface area contributed by atoms with Crippen LogP contribution in [-0.2, 0) is 0 Å². The number of rotatable bonds is 0. The van der Waals surface area contributed by atoms with Crippen molar-refractivity contribution in [3.63, 3.8) is 0 Å². The monoisotopic (exact) mass is 264 g/mol. The van der Waals surface area contributed by atoms with E-state index in [1.54, 1.807) is 6.07 Å². The second kappa shape index (κ2) is 2.98. The summed E-state index contributed by atoms with van der Waals surface area (Å²) < 4.78 is 15.0. The first kappa shape index (κ1) is 8.48. The maximum absolute atomic E-state index is 13.3. The first-order valence-corrected chi connectivity index (χ1v) is 5.26. The van der Waals surface area contributed by atoms with Crippen molar-refractivity contribution in [1.29, 1.82) is 0 Å². The summed E-state index contributed by atoms with van der Waals surface area (Å²) in [6.45, 7) is 0. The smallest absolute Gasteiger partial charge is 0.151 e. The fourth-order valence-electron chi connectivity index (χ4n) is 1.03. The molecule has 0 nitrogen and oxygen atoms in total. The number of hydrogen-bond acceptors (Lipinski definition) is 1. The van der Waals surface area contributed by atoms with Crippen LogP contribution in [0.2, 0.25) is 5.02 Å². The van der Waals surface area contributed by atoms with Crippen LogP contribution in [0.4, 0.5) is 4.39 Å². The number of benzene rings is 1. The first-order valence-electron chi connectivity index (χ1n) is 3.21. The van der Waals surface area contributed by atoms with E-state index in [0.29, 0.717) is 5.39 Å². The molecule has 1 heterocycles. The van der Waals surface area contributed by atoms with Gasteiger partial charge in [-0.15, -0.1) is 11.3 Å². The summed E-state index contributed by atoms with van der Waals surface area (Å²) in [4.78, 5) is 0. The summed E-state index contributed by atoms with van der Waals surface area (Å²) >= 11 is 10.4. The molecule has 0 amide bonds. The Kier molecular flexibility index (Phi) is 2.10. The van der Waals surface area contributed by atoms with Crippen molar-refractivity contribution < 1.29 is 4.39 Å². The van der Waals surface area contributed by atoms with Crippen molar-refractivity contribution in [2.75, 3.05) is 0 Å². The van der Waals surface area contributed by atoms with Gasteiger partial charge in [0.1, 0.15) is 0 Å². The van der Waals surface area contributed by atoms with Gasteiger partial charge in [0.2, 0.25) is 0 Å². The third-order valence-corrected chi connectivity index (χ3v) is 3.75. The van der Waals surface area contributed by atoms with Gasteiger partial charge < -0.3 is 0 Å². The van der Waals surface area contributed by atoms with Crippen LogP contribution in [0.25, 0.3) is 10.1 Å². The van der Waals surface area contributed by atoms with Gasteiger partial charge in [-0.3, -0.25) is 0 Å². The van der Waals surface area contributed by atoms with E-state index in [1.165, 1.54) is 11.3 Å². The van der Waals surface area contributed by atoms with Gasteiger partial charge in [-0.05, 0) is 28.1 Å². The maximum Gasteiger partial charge on any atom is 0.151 e. The third kappa shape index (κ3) is 1.16. The van der Waals surface area contributed by atoms with E-state index in [1.807, 2.05) is 11.4 Å². The van der Waals surface area contributed by atoms with Crippen LogP contribution in [0.5, 0.6) is 0 Å². The predicted molar refractivity (Wildman–Crippen MR) is 54.5 cm³/mol. The Morgan fingerprint density at radius 3 is 2.92 bits per heavy atom. The molecule has 62 valence electrons. The Morgan fingerprint density at radius 2 is 2.17 bits per heavy atom. The highest BCUT2D eigenvalue weighted by Gasteiger charge is 2.09. The lowest BCUT2D eigenvalue weighted by Crippen LogP contribution is -1.76. The van der Waals surface area contributed by atoms with Gasteiger partial charge in [0.25, 0.3) is 0 Å². The first-order chi connectivity index (χ1) is 5.70. The minimum atomic E-state index is -0.345. The van der Waals surface area contributed by atoms with Crippen LogP contribution >= 0.6 is 38.9 Å². The average Bonchev–Trinajstić information content (AvgIpc) is 2.41. The van der Waals surface area contributed by atoms with Crippen LogP contribution in [0, 0.1) is 5.82 Å². The van der Waals surface area contributed by atoms with E-state index in [0.717, 1.165) is 9.17 Å². The molecule has 0 bridgehead atoms. The molecule has 0 aliphatic rings. The molecule has 1 aromatic carbocycles. The highest BCUT2D eigenvalue weighted by molar-refractivity contribution is 9.10. The van der Waals surface area contributed by atoms with Crippen LogP contribution in [0.1, 0.15) is 0 Å². The summed E-state index contributed by atoms with van der Waals surface area (Å²) in [7, 11) is 0. The molecular formula is C8H3BrClFS. The van der Waals surface area contributed by atoms with Crippen molar-refractivity contribution >= 4 is 49.0 Å². The standard InChI is InChI=1S/C8H3BrClFS/c9-4-3-12-6-2-1-5(10)8(11)7(4)6/h1-3H. The minimum absolute atomic E-state index is 0.168. The van der Waals surface area contributed by atoms with E-state index in [9.17, 15) is 4.39 Å². The second-order valence-electron chi connectivity index (χ2n) is 2.32. The molecule has 1 aromatic heterocycles. The minimum Gasteiger partial charge on any atom is -0.205 e. The molecule has 0 saturated heterocycles. The van der Waals surface area contributed by atoms with Gasteiger partial charge in [-0.1, -0.05) is 11.6 Å². The molecule has 2 aromatic rings. The van der Waals surface area contributed by atoms with Gasteiger partial charge in [0.05, 0.1) is 5.02 Å². The Bertz CT molecular complexity index is 438. The molecular weight excluding hydrogens is 263 g/mol. The van der Waals surface area contributed by atoms with Crippen molar-refractivity contribution in [3.05, 3.63) is 32.8 Å². The van der Waals surface area contributed by atoms with Crippen molar-refractivity contribution in [1.82, 2.24) is 0 Å². The Morgan fingerprint density at radius 1 is 1.42 bits per heavy atom. The summed E-state index contributed by atoms with van der Waals surface area (Å²) in [5.41, 5.74) is 0. The molecule has 0 unspecified atom stereocenters. The lowest BCUT2D eigenvalue weighted by molar-refractivity contribution is 0.640. The summed E-state index contributed by atoms with van der Waals surface area (Å²) in [6, 6.07) is 3.39. The third-order valence-electron chi connectivity index (χ3n) is 1.58. The van der Waals surface area contributed by atoms with Gasteiger partial charge in [-0.25, -0.2) is 4.39 Å². The van der Waals surface area contributed by atoms with E-state index in [4.69, 9.17) is 11.6 Å². The molecule has 0 N–H and O–H groups in total.